The third-order valence-corrected chi connectivity index (χ3v) is 4.08. The normalized spacial score (nSPS) is 30.5. The van der Waals surface area contributed by atoms with Crippen molar-refractivity contribution in [1.82, 2.24) is 10.2 Å². The number of β-amino-alcohol motifs (C(OH)–C–C–N with tert-alkyl or cyclic N) is 1. The molecule has 2 aliphatic rings. The average molecular weight is 240 g/mol. The van der Waals surface area contributed by atoms with Crippen molar-refractivity contribution in [1.29, 1.82) is 0 Å². The fourth-order valence-corrected chi connectivity index (χ4v) is 3.05. The Balaban J connectivity index is 1.85. The molecule has 0 aromatic carbocycles. The molecular weight excluding hydrogens is 216 g/mol. The van der Waals surface area contributed by atoms with Gasteiger partial charge in [0.25, 0.3) is 0 Å². The van der Waals surface area contributed by atoms with Crippen LogP contribution in [0.15, 0.2) is 0 Å². The molecular formula is C13H24N2O2. The molecule has 4 heteroatoms. The molecule has 2 fully saturated rings. The minimum Gasteiger partial charge on any atom is -0.387 e. The van der Waals surface area contributed by atoms with Gasteiger partial charge in [0.05, 0.1) is 12.1 Å². The molecule has 1 aliphatic heterocycles. The van der Waals surface area contributed by atoms with Crippen molar-refractivity contribution < 1.29 is 9.90 Å². The minimum atomic E-state index is -0.709. The monoisotopic (exact) mass is 240 g/mol. The van der Waals surface area contributed by atoms with Crippen LogP contribution in [0, 0.1) is 5.92 Å². The zero-order chi connectivity index (χ0) is 12.3. The second-order valence-corrected chi connectivity index (χ2v) is 5.68. The van der Waals surface area contributed by atoms with Gasteiger partial charge in [-0.15, -0.1) is 0 Å². The van der Waals surface area contributed by atoms with E-state index in [1.807, 2.05) is 7.05 Å². The maximum Gasteiger partial charge on any atom is 0.225 e. The molecule has 0 radical (unpaired) electrons. The summed E-state index contributed by atoms with van der Waals surface area (Å²) in [6.07, 6.45) is 6.42. The highest BCUT2D eigenvalue weighted by atomic mass is 16.3. The number of nitrogens with zero attached hydrogens (tertiary/aromatic N) is 1. The molecule has 0 bridgehead atoms. The lowest BCUT2D eigenvalue weighted by Gasteiger charge is -2.31. The summed E-state index contributed by atoms with van der Waals surface area (Å²) in [5.74, 6) is 0.428. The topological polar surface area (TPSA) is 52.6 Å². The first kappa shape index (κ1) is 12.8. The van der Waals surface area contributed by atoms with E-state index in [-0.39, 0.29) is 11.8 Å². The molecule has 0 aromatic rings. The summed E-state index contributed by atoms with van der Waals surface area (Å²) in [7, 11) is 1.83. The average Bonchev–Trinajstić information content (AvgIpc) is 2.76. The summed E-state index contributed by atoms with van der Waals surface area (Å²) in [5, 5.41) is 13.4. The van der Waals surface area contributed by atoms with Gasteiger partial charge in [-0.3, -0.25) is 4.79 Å². The van der Waals surface area contributed by atoms with Gasteiger partial charge in [-0.05, 0) is 25.8 Å². The molecule has 17 heavy (non-hydrogen) atoms. The summed E-state index contributed by atoms with van der Waals surface area (Å²) in [6.45, 7) is 1.92. The highest BCUT2D eigenvalue weighted by molar-refractivity contribution is 5.78. The SMILES string of the molecule is CN(CC1(O)CCNC1)C(=O)C1CCCCC1. The molecule has 4 nitrogen and oxygen atoms in total. The number of aliphatic hydroxyl groups is 1. The van der Waals surface area contributed by atoms with Crippen molar-refractivity contribution in [2.45, 2.75) is 44.1 Å². The first-order valence-corrected chi connectivity index (χ1v) is 6.79. The lowest BCUT2D eigenvalue weighted by atomic mass is 9.88. The third kappa shape index (κ3) is 3.19. The van der Waals surface area contributed by atoms with Crippen LogP contribution >= 0.6 is 0 Å². The summed E-state index contributed by atoms with van der Waals surface area (Å²) >= 11 is 0. The van der Waals surface area contributed by atoms with Gasteiger partial charge in [0.1, 0.15) is 0 Å². The molecule has 1 aliphatic carbocycles. The number of likely N-dealkylation sites (N-methyl/N-ethyl adjacent to an activating group) is 1. The van der Waals surface area contributed by atoms with Crippen LogP contribution in [-0.4, -0.2) is 48.2 Å². The number of hydrogen-bond acceptors (Lipinski definition) is 3. The molecule has 1 unspecified atom stereocenters. The molecule has 2 rings (SSSR count). The van der Waals surface area contributed by atoms with E-state index in [2.05, 4.69) is 5.32 Å². The molecule has 2 N–H and O–H groups in total. The van der Waals surface area contributed by atoms with Crippen LogP contribution in [0.25, 0.3) is 0 Å². The van der Waals surface area contributed by atoms with Gasteiger partial charge >= 0.3 is 0 Å². The predicted molar refractivity (Wildman–Crippen MR) is 66.6 cm³/mol. The second kappa shape index (κ2) is 5.36. The Morgan fingerprint density at radius 1 is 1.41 bits per heavy atom. The van der Waals surface area contributed by atoms with E-state index < -0.39 is 5.60 Å². The van der Waals surface area contributed by atoms with Crippen molar-refractivity contribution in [2.75, 3.05) is 26.7 Å². The van der Waals surface area contributed by atoms with E-state index in [4.69, 9.17) is 0 Å². The number of nitrogens with one attached hydrogen (secondary N) is 1. The second-order valence-electron chi connectivity index (χ2n) is 5.68. The zero-order valence-corrected chi connectivity index (χ0v) is 10.7. The van der Waals surface area contributed by atoms with E-state index >= 15 is 0 Å². The van der Waals surface area contributed by atoms with Gasteiger partial charge in [-0.25, -0.2) is 0 Å². The fraction of sp³-hybridized carbons (Fsp3) is 0.923. The smallest absolute Gasteiger partial charge is 0.225 e. The lowest BCUT2D eigenvalue weighted by Crippen LogP contribution is -2.47. The summed E-state index contributed by atoms with van der Waals surface area (Å²) in [6, 6.07) is 0. The predicted octanol–water partition coefficient (Wildman–Crippen LogP) is 0.749. The van der Waals surface area contributed by atoms with Gasteiger partial charge in [0, 0.05) is 19.5 Å². The standard InChI is InChI=1S/C13H24N2O2/c1-15(10-13(17)7-8-14-9-13)12(16)11-5-3-2-4-6-11/h11,14,17H,2-10H2,1H3. The van der Waals surface area contributed by atoms with Crippen LogP contribution in [0.3, 0.4) is 0 Å². The highest BCUT2D eigenvalue weighted by Crippen LogP contribution is 2.26. The number of rotatable bonds is 3. The van der Waals surface area contributed by atoms with Gasteiger partial charge in [-0.1, -0.05) is 19.3 Å². The van der Waals surface area contributed by atoms with Gasteiger partial charge in [0.15, 0.2) is 0 Å². The molecule has 1 heterocycles. The van der Waals surface area contributed by atoms with Gasteiger partial charge in [0.2, 0.25) is 5.91 Å². The first-order chi connectivity index (χ1) is 8.11. The molecule has 0 aromatic heterocycles. The Morgan fingerprint density at radius 2 is 2.12 bits per heavy atom. The fourth-order valence-electron chi connectivity index (χ4n) is 3.05. The van der Waals surface area contributed by atoms with Crippen molar-refractivity contribution >= 4 is 5.91 Å². The summed E-state index contributed by atoms with van der Waals surface area (Å²) < 4.78 is 0. The minimum absolute atomic E-state index is 0.201. The Morgan fingerprint density at radius 3 is 2.71 bits per heavy atom. The number of amides is 1. The molecule has 0 spiro atoms. The largest absolute Gasteiger partial charge is 0.387 e. The van der Waals surface area contributed by atoms with Crippen LogP contribution in [0.1, 0.15) is 38.5 Å². The lowest BCUT2D eigenvalue weighted by molar-refractivity contribution is -0.138. The van der Waals surface area contributed by atoms with Crippen LogP contribution in [0.5, 0.6) is 0 Å². The van der Waals surface area contributed by atoms with E-state index in [0.29, 0.717) is 13.1 Å². The molecule has 1 saturated carbocycles. The molecule has 1 saturated heterocycles. The number of carbonyl (C=O) groups is 1. The molecule has 1 amide bonds. The van der Waals surface area contributed by atoms with Crippen LogP contribution in [0.4, 0.5) is 0 Å². The Hall–Kier alpha value is -0.610. The van der Waals surface area contributed by atoms with Crippen molar-refractivity contribution in [3.63, 3.8) is 0 Å². The maximum absolute atomic E-state index is 12.2. The van der Waals surface area contributed by atoms with Crippen LogP contribution < -0.4 is 5.32 Å². The first-order valence-electron chi connectivity index (χ1n) is 6.79. The summed E-state index contributed by atoms with van der Waals surface area (Å²) in [4.78, 5) is 14.0. The van der Waals surface area contributed by atoms with Crippen molar-refractivity contribution in [2.24, 2.45) is 5.92 Å². The Bertz CT molecular complexity index is 269. The van der Waals surface area contributed by atoms with Gasteiger partial charge in [-0.2, -0.15) is 0 Å². The Labute approximate surface area is 103 Å². The molecule has 1 atom stereocenters. The number of hydrogen-bond donors (Lipinski definition) is 2. The number of carbonyl (C=O) groups excluding carboxylic acids is 1. The van der Waals surface area contributed by atoms with E-state index in [1.165, 1.54) is 19.3 Å². The van der Waals surface area contributed by atoms with E-state index in [9.17, 15) is 9.90 Å². The quantitative estimate of drug-likeness (QED) is 0.765. The van der Waals surface area contributed by atoms with Crippen molar-refractivity contribution in [3.05, 3.63) is 0 Å². The van der Waals surface area contributed by atoms with Crippen LogP contribution in [-0.2, 0) is 4.79 Å². The molecule has 98 valence electrons. The van der Waals surface area contributed by atoms with Crippen LogP contribution in [0.2, 0.25) is 0 Å². The maximum atomic E-state index is 12.2. The van der Waals surface area contributed by atoms with Gasteiger partial charge < -0.3 is 15.3 Å². The van der Waals surface area contributed by atoms with Crippen molar-refractivity contribution in [3.8, 4) is 0 Å². The third-order valence-electron chi connectivity index (χ3n) is 4.08. The summed E-state index contributed by atoms with van der Waals surface area (Å²) in [5.41, 5.74) is -0.709. The van der Waals surface area contributed by atoms with E-state index in [1.54, 1.807) is 4.90 Å². The zero-order valence-electron chi connectivity index (χ0n) is 10.7. The highest BCUT2D eigenvalue weighted by Gasteiger charge is 2.34. The Kier molecular flexibility index (Phi) is 4.05. The van der Waals surface area contributed by atoms with E-state index in [0.717, 1.165) is 25.8 Å².